The first-order valence-electron chi connectivity index (χ1n) is 9.22. The van der Waals surface area contributed by atoms with Crippen LogP contribution in [0.1, 0.15) is 39.0 Å². The number of hydrogen-bond donors (Lipinski definition) is 1. The number of rotatable bonds is 4. The van der Waals surface area contributed by atoms with Gasteiger partial charge in [-0.25, -0.2) is 0 Å². The third-order valence-corrected chi connectivity index (χ3v) is 5.06. The van der Waals surface area contributed by atoms with Crippen molar-refractivity contribution in [1.29, 1.82) is 0 Å². The molecule has 1 fully saturated rings. The minimum atomic E-state index is -0.573. The Labute approximate surface area is 152 Å². The van der Waals surface area contributed by atoms with Gasteiger partial charge in [-0.1, -0.05) is 6.92 Å². The lowest BCUT2D eigenvalue weighted by Crippen LogP contribution is -2.39. The van der Waals surface area contributed by atoms with Gasteiger partial charge in [0.15, 0.2) is 0 Å². The van der Waals surface area contributed by atoms with Crippen LogP contribution in [0.25, 0.3) is 11.0 Å². The van der Waals surface area contributed by atoms with E-state index in [0.29, 0.717) is 23.1 Å². The lowest BCUT2D eigenvalue weighted by atomic mass is 10.1. The summed E-state index contributed by atoms with van der Waals surface area (Å²) in [5, 5.41) is 3.00. The van der Waals surface area contributed by atoms with Gasteiger partial charge in [0.2, 0.25) is 5.91 Å². The number of nitrogens with one attached hydrogen (secondary N) is 1. The van der Waals surface area contributed by atoms with Crippen LogP contribution in [-0.4, -0.2) is 28.1 Å². The molecular weight excluding hydrogens is 332 g/mol. The fourth-order valence-corrected chi connectivity index (χ4v) is 3.55. The van der Waals surface area contributed by atoms with Gasteiger partial charge in [-0.3, -0.25) is 14.4 Å². The summed E-state index contributed by atoms with van der Waals surface area (Å²) in [6.45, 7) is 3.80. The van der Waals surface area contributed by atoms with Gasteiger partial charge in [0.05, 0.1) is 22.4 Å². The summed E-state index contributed by atoms with van der Waals surface area (Å²) in [5.41, 5.74) is 1.81. The Hall–Kier alpha value is -2.57. The van der Waals surface area contributed by atoms with E-state index in [2.05, 4.69) is 10.2 Å². The zero-order chi connectivity index (χ0) is 18.8. The zero-order valence-corrected chi connectivity index (χ0v) is 15.7. The standard InChI is InChI=1S/C19H26N4O3/c1-4-8-17(24)20-13-11-15-16(22(3)19(26)18(25)21(15)2)12-14(13)23-9-6-5-7-10-23/h11-12H,4-10H2,1-3H3,(H,20,24). The van der Waals surface area contributed by atoms with Crippen LogP contribution in [0.2, 0.25) is 0 Å². The summed E-state index contributed by atoms with van der Waals surface area (Å²) < 4.78 is 2.75. The molecule has 0 radical (unpaired) electrons. The molecule has 0 atom stereocenters. The summed E-state index contributed by atoms with van der Waals surface area (Å²) >= 11 is 0. The van der Waals surface area contributed by atoms with Gasteiger partial charge in [-0.05, 0) is 37.8 Å². The molecule has 26 heavy (non-hydrogen) atoms. The van der Waals surface area contributed by atoms with E-state index >= 15 is 0 Å². The highest BCUT2D eigenvalue weighted by molar-refractivity contribution is 5.98. The molecule has 1 aromatic carbocycles. The highest BCUT2D eigenvalue weighted by Crippen LogP contribution is 2.32. The van der Waals surface area contributed by atoms with Crippen LogP contribution in [0.3, 0.4) is 0 Å². The SMILES string of the molecule is CCCC(=O)Nc1cc2c(cc1N1CCCCC1)n(C)c(=O)c(=O)n2C. The van der Waals surface area contributed by atoms with E-state index in [0.717, 1.165) is 38.0 Å². The maximum Gasteiger partial charge on any atom is 0.316 e. The van der Waals surface area contributed by atoms with Crippen molar-refractivity contribution in [2.24, 2.45) is 14.1 Å². The fourth-order valence-electron chi connectivity index (χ4n) is 3.55. The van der Waals surface area contributed by atoms with E-state index in [1.807, 2.05) is 19.1 Å². The topological polar surface area (TPSA) is 76.3 Å². The Morgan fingerprint density at radius 1 is 1.00 bits per heavy atom. The summed E-state index contributed by atoms with van der Waals surface area (Å²) in [5.74, 6) is -0.0417. The van der Waals surface area contributed by atoms with Crippen molar-refractivity contribution in [1.82, 2.24) is 9.13 Å². The number of nitrogens with zero attached hydrogens (tertiary/aromatic N) is 3. The fraction of sp³-hybridized carbons (Fsp3) is 0.526. The van der Waals surface area contributed by atoms with Crippen LogP contribution in [0.4, 0.5) is 11.4 Å². The normalized spacial score (nSPS) is 14.7. The molecule has 1 amide bonds. The average Bonchev–Trinajstić information content (AvgIpc) is 2.65. The van der Waals surface area contributed by atoms with Crippen LogP contribution in [-0.2, 0) is 18.9 Å². The van der Waals surface area contributed by atoms with Gasteiger partial charge in [0, 0.05) is 33.6 Å². The van der Waals surface area contributed by atoms with Gasteiger partial charge in [-0.15, -0.1) is 0 Å². The Morgan fingerprint density at radius 3 is 2.15 bits per heavy atom. The van der Waals surface area contributed by atoms with E-state index in [1.54, 1.807) is 14.1 Å². The number of carbonyl (C=O) groups excluding carboxylic acids is 1. The molecule has 3 rings (SSSR count). The highest BCUT2D eigenvalue weighted by Gasteiger charge is 2.19. The van der Waals surface area contributed by atoms with Crippen molar-refractivity contribution in [3.8, 4) is 0 Å². The minimum Gasteiger partial charge on any atom is -0.370 e. The van der Waals surface area contributed by atoms with Gasteiger partial charge >= 0.3 is 11.1 Å². The third-order valence-electron chi connectivity index (χ3n) is 5.06. The molecule has 1 aliphatic heterocycles. The van der Waals surface area contributed by atoms with Gasteiger partial charge < -0.3 is 19.4 Å². The van der Waals surface area contributed by atoms with Crippen LogP contribution < -0.4 is 21.3 Å². The van der Waals surface area contributed by atoms with Crippen LogP contribution in [0.15, 0.2) is 21.7 Å². The number of aryl methyl sites for hydroxylation is 2. The number of anilines is 2. The number of hydrogen-bond acceptors (Lipinski definition) is 4. The minimum absolute atomic E-state index is 0.0417. The smallest absolute Gasteiger partial charge is 0.316 e. The largest absolute Gasteiger partial charge is 0.370 e. The first-order valence-corrected chi connectivity index (χ1v) is 9.22. The molecule has 0 unspecified atom stereocenters. The van der Waals surface area contributed by atoms with E-state index in [1.165, 1.54) is 15.6 Å². The molecule has 2 aromatic rings. The number of amides is 1. The van der Waals surface area contributed by atoms with Crippen molar-refractivity contribution in [3.63, 3.8) is 0 Å². The molecule has 1 N–H and O–H groups in total. The number of carbonyl (C=O) groups is 1. The average molecular weight is 358 g/mol. The Morgan fingerprint density at radius 2 is 1.58 bits per heavy atom. The molecule has 0 spiro atoms. The Balaban J connectivity index is 2.22. The quantitative estimate of drug-likeness (QED) is 0.848. The predicted molar refractivity (Wildman–Crippen MR) is 104 cm³/mol. The van der Waals surface area contributed by atoms with Crippen molar-refractivity contribution < 1.29 is 4.79 Å². The summed E-state index contributed by atoms with van der Waals surface area (Å²) in [6, 6.07) is 3.73. The Kier molecular flexibility index (Phi) is 5.15. The molecule has 1 saturated heterocycles. The Bertz CT molecular complexity index is 952. The molecule has 2 heterocycles. The van der Waals surface area contributed by atoms with E-state index in [4.69, 9.17) is 0 Å². The van der Waals surface area contributed by atoms with E-state index in [9.17, 15) is 14.4 Å². The van der Waals surface area contributed by atoms with Gasteiger partial charge in [-0.2, -0.15) is 0 Å². The number of aromatic nitrogens is 2. The molecule has 140 valence electrons. The molecule has 1 aliphatic rings. The van der Waals surface area contributed by atoms with Crippen molar-refractivity contribution in [3.05, 3.63) is 32.8 Å². The molecule has 1 aromatic heterocycles. The first kappa shape index (κ1) is 18.2. The number of fused-ring (bicyclic) bond motifs is 1. The summed E-state index contributed by atoms with van der Waals surface area (Å²) in [7, 11) is 3.20. The maximum atomic E-state index is 12.2. The second-order valence-corrected chi connectivity index (χ2v) is 6.93. The van der Waals surface area contributed by atoms with E-state index < -0.39 is 11.1 Å². The first-order chi connectivity index (χ1) is 12.4. The van der Waals surface area contributed by atoms with Crippen molar-refractivity contribution in [2.75, 3.05) is 23.3 Å². The molecule has 0 aliphatic carbocycles. The van der Waals surface area contributed by atoms with Crippen molar-refractivity contribution in [2.45, 2.75) is 39.0 Å². The van der Waals surface area contributed by atoms with E-state index in [-0.39, 0.29) is 5.91 Å². The maximum absolute atomic E-state index is 12.2. The monoisotopic (exact) mass is 358 g/mol. The molecule has 0 bridgehead atoms. The van der Waals surface area contributed by atoms with Gasteiger partial charge in [0.25, 0.3) is 0 Å². The summed E-state index contributed by atoms with van der Waals surface area (Å²) in [6.07, 6.45) is 4.63. The molecule has 7 nitrogen and oxygen atoms in total. The highest BCUT2D eigenvalue weighted by atomic mass is 16.2. The van der Waals surface area contributed by atoms with Gasteiger partial charge in [0.1, 0.15) is 0 Å². The molecule has 7 heteroatoms. The lowest BCUT2D eigenvalue weighted by Gasteiger charge is -2.31. The number of benzene rings is 1. The second-order valence-electron chi connectivity index (χ2n) is 6.93. The molecule has 0 saturated carbocycles. The van der Waals surface area contributed by atoms with Crippen LogP contribution >= 0.6 is 0 Å². The number of piperidine rings is 1. The molecular formula is C19H26N4O3. The third kappa shape index (κ3) is 3.25. The van der Waals surface area contributed by atoms with Crippen LogP contribution in [0, 0.1) is 0 Å². The zero-order valence-electron chi connectivity index (χ0n) is 15.7. The second kappa shape index (κ2) is 7.35. The predicted octanol–water partition coefficient (Wildman–Crippen LogP) is 1.97. The van der Waals surface area contributed by atoms with Crippen molar-refractivity contribution >= 4 is 28.3 Å². The summed E-state index contributed by atoms with van der Waals surface area (Å²) in [4.78, 5) is 38.8. The lowest BCUT2D eigenvalue weighted by molar-refractivity contribution is -0.116. The van der Waals surface area contributed by atoms with Crippen LogP contribution in [0.5, 0.6) is 0 Å².